The summed E-state index contributed by atoms with van der Waals surface area (Å²) < 4.78 is 30.2. The molecule has 3 aromatic rings. The van der Waals surface area contributed by atoms with Crippen LogP contribution in [0.25, 0.3) is 11.2 Å². The SMILES string of the molecule is N#C[C@H]1C[C@@H]1Cn1ncc2ncc(Nc3cc(OC(F)F)n[nH]3)nc21. The third-order valence-electron chi connectivity index (χ3n) is 3.87. The molecule has 11 heteroatoms. The molecule has 0 radical (unpaired) electrons. The molecule has 25 heavy (non-hydrogen) atoms. The Morgan fingerprint density at radius 1 is 1.48 bits per heavy atom. The summed E-state index contributed by atoms with van der Waals surface area (Å²) in [5.74, 6) is 0.865. The highest BCUT2D eigenvalue weighted by Gasteiger charge is 2.37. The summed E-state index contributed by atoms with van der Waals surface area (Å²) in [5.41, 5.74) is 1.21. The van der Waals surface area contributed by atoms with Gasteiger partial charge in [-0.25, -0.2) is 14.6 Å². The van der Waals surface area contributed by atoms with Gasteiger partial charge in [0.05, 0.1) is 24.4 Å². The average Bonchev–Trinajstić information content (AvgIpc) is 3.01. The van der Waals surface area contributed by atoms with E-state index < -0.39 is 6.61 Å². The summed E-state index contributed by atoms with van der Waals surface area (Å²) in [7, 11) is 0. The Morgan fingerprint density at radius 3 is 3.12 bits per heavy atom. The highest BCUT2D eigenvalue weighted by molar-refractivity contribution is 5.71. The number of ether oxygens (including phenoxy) is 1. The van der Waals surface area contributed by atoms with Crippen molar-refractivity contribution in [2.75, 3.05) is 5.32 Å². The summed E-state index contributed by atoms with van der Waals surface area (Å²) in [4.78, 5) is 8.70. The van der Waals surface area contributed by atoms with Crippen molar-refractivity contribution in [1.29, 1.82) is 5.26 Å². The molecule has 4 rings (SSSR count). The number of nitriles is 1. The molecule has 2 atom stereocenters. The summed E-state index contributed by atoms with van der Waals surface area (Å²) in [6, 6.07) is 3.53. The van der Waals surface area contributed by atoms with Crippen molar-refractivity contribution in [2.45, 2.75) is 19.6 Å². The third-order valence-corrected chi connectivity index (χ3v) is 3.87. The highest BCUT2D eigenvalue weighted by Crippen LogP contribution is 2.39. The van der Waals surface area contributed by atoms with Gasteiger partial charge in [-0.15, -0.1) is 5.10 Å². The Balaban J connectivity index is 1.52. The number of hydrogen-bond donors (Lipinski definition) is 2. The van der Waals surface area contributed by atoms with E-state index in [9.17, 15) is 8.78 Å². The first kappa shape index (κ1) is 15.3. The van der Waals surface area contributed by atoms with Gasteiger partial charge < -0.3 is 10.1 Å². The van der Waals surface area contributed by atoms with Crippen LogP contribution >= 0.6 is 0 Å². The summed E-state index contributed by atoms with van der Waals surface area (Å²) in [6.07, 6.45) is 3.98. The average molecular weight is 346 g/mol. The lowest BCUT2D eigenvalue weighted by molar-refractivity contribution is -0.0528. The van der Waals surface area contributed by atoms with E-state index in [-0.39, 0.29) is 17.7 Å². The van der Waals surface area contributed by atoms with Gasteiger partial charge in [-0.2, -0.15) is 19.1 Å². The first-order chi connectivity index (χ1) is 12.1. The quantitative estimate of drug-likeness (QED) is 0.701. The lowest BCUT2D eigenvalue weighted by atomic mass is 10.3. The van der Waals surface area contributed by atoms with E-state index >= 15 is 0 Å². The van der Waals surface area contributed by atoms with E-state index in [1.165, 1.54) is 12.3 Å². The van der Waals surface area contributed by atoms with Gasteiger partial charge in [-0.05, 0) is 12.3 Å². The van der Waals surface area contributed by atoms with E-state index in [1.54, 1.807) is 10.9 Å². The van der Waals surface area contributed by atoms with Crippen LogP contribution in [0.5, 0.6) is 5.88 Å². The van der Waals surface area contributed by atoms with Crippen LogP contribution in [0.4, 0.5) is 20.4 Å². The van der Waals surface area contributed by atoms with Gasteiger partial charge >= 0.3 is 6.61 Å². The predicted molar refractivity (Wildman–Crippen MR) is 81.0 cm³/mol. The number of aromatic amines is 1. The maximum Gasteiger partial charge on any atom is 0.388 e. The molecule has 0 saturated heterocycles. The Bertz CT molecular complexity index is 946. The van der Waals surface area contributed by atoms with Crippen molar-refractivity contribution < 1.29 is 13.5 Å². The lowest BCUT2D eigenvalue weighted by Gasteiger charge is -2.04. The van der Waals surface area contributed by atoms with Crippen LogP contribution in [0.2, 0.25) is 0 Å². The number of nitrogens with zero attached hydrogens (tertiary/aromatic N) is 6. The first-order valence-corrected chi connectivity index (χ1v) is 7.48. The van der Waals surface area contributed by atoms with Gasteiger partial charge in [-0.1, -0.05) is 0 Å². The number of hydrogen-bond acceptors (Lipinski definition) is 7. The second-order valence-corrected chi connectivity index (χ2v) is 5.65. The standard InChI is InChI=1S/C14H12F2N8O/c15-14(16)25-12-2-10(22-23-12)20-11-5-18-9-4-19-24(13(9)21-11)6-8-1-7(8)3-17/h2,4-5,7-8,14H,1,6H2,(H2,20,21,22,23)/t7-,8-/m1/s1. The van der Waals surface area contributed by atoms with Gasteiger partial charge in [0, 0.05) is 12.6 Å². The van der Waals surface area contributed by atoms with Gasteiger partial charge in [0.1, 0.15) is 11.3 Å². The Kier molecular flexibility index (Phi) is 3.64. The molecule has 0 spiro atoms. The van der Waals surface area contributed by atoms with Gasteiger partial charge in [0.2, 0.25) is 5.88 Å². The normalized spacial score (nSPS) is 19.1. The molecule has 9 nitrogen and oxygen atoms in total. The Labute approximate surface area is 139 Å². The number of fused-ring (bicyclic) bond motifs is 1. The fourth-order valence-electron chi connectivity index (χ4n) is 2.53. The molecule has 1 aliphatic rings. The number of halogens is 2. The van der Waals surface area contributed by atoms with Crippen LogP contribution < -0.4 is 10.1 Å². The van der Waals surface area contributed by atoms with Crippen LogP contribution in [-0.4, -0.2) is 36.6 Å². The van der Waals surface area contributed by atoms with E-state index in [4.69, 9.17) is 5.26 Å². The zero-order valence-electron chi connectivity index (χ0n) is 12.7. The Hall–Kier alpha value is -3.29. The van der Waals surface area contributed by atoms with Crippen molar-refractivity contribution in [3.8, 4) is 11.9 Å². The second-order valence-electron chi connectivity index (χ2n) is 5.65. The lowest BCUT2D eigenvalue weighted by Crippen LogP contribution is -2.05. The van der Waals surface area contributed by atoms with Crippen LogP contribution in [0.1, 0.15) is 6.42 Å². The third kappa shape index (κ3) is 3.18. The fraction of sp³-hybridized carbons (Fsp3) is 0.357. The second kappa shape index (κ2) is 5.97. The molecule has 1 aliphatic carbocycles. The van der Waals surface area contributed by atoms with E-state index in [0.29, 0.717) is 29.3 Å². The van der Waals surface area contributed by atoms with Crippen molar-refractivity contribution in [2.24, 2.45) is 11.8 Å². The van der Waals surface area contributed by atoms with Gasteiger partial charge in [0.25, 0.3) is 0 Å². The van der Waals surface area contributed by atoms with Gasteiger partial charge in [-0.3, -0.25) is 5.10 Å². The monoisotopic (exact) mass is 346 g/mol. The zero-order chi connectivity index (χ0) is 17.4. The Morgan fingerprint density at radius 2 is 2.36 bits per heavy atom. The molecule has 0 unspecified atom stereocenters. The topological polar surface area (TPSA) is 117 Å². The molecular formula is C14H12F2N8O. The van der Waals surface area contributed by atoms with Crippen LogP contribution in [-0.2, 0) is 6.54 Å². The minimum absolute atomic E-state index is 0.0757. The van der Waals surface area contributed by atoms with Crippen LogP contribution in [0, 0.1) is 23.2 Å². The van der Waals surface area contributed by atoms with Gasteiger partial charge in [0.15, 0.2) is 11.5 Å². The molecule has 0 amide bonds. The molecule has 0 bridgehead atoms. The molecule has 0 aromatic carbocycles. The van der Waals surface area contributed by atoms with Crippen LogP contribution in [0.3, 0.4) is 0 Å². The molecule has 128 valence electrons. The molecule has 3 heterocycles. The maximum atomic E-state index is 12.2. The van der Waals surface area contributed by atoms with Crippen molar-refractivity contribution in [1.82, 2.24) is 29.9 Å². The summed E-state index contributed by atoms with van der Waals surface area (Å²) >= 11 is 0. The molecule has 1 fully saturated rings. The fourth-order valence-corrected chi connectivity index (χ4v) is 2.53. The maximum absolute atomic E-state index is 12.2. The minimum atomic E-state index is -2.94. The number of nitrogens with one attached hydrogen (secondary N) is 2. The highest BCUT2D eigenvalue weighted by atomic mass is 19.3. The molecule has 2 N–H and O–H groups in total. The number of rotatable bonds is 6. The van der Waals surface area contributed by atoms with Crippen molar-refractivity contribution >= 4 is 22.8 Å². The number of aromatic nitrogens is 6. The molecule has 0 aliphatic heterocycles. The number of alkyl halides is 2. The smallest absolute Gasteiger partial charge is 0.388 e. The minimum Gasteiger partial charge on any atom is -0.415 e. The van der Waals surface area contributed by atoms with Crippen molar-refractivity contribution in [3.63, 3.8) is 0 Å². The van der Waals surface area contributed by atoms with E-state index in [1.807, 2.05) is 0 Å². The zero-order valence-corrected chi connectivity index (χ0v) is 12.7. The number of anilines is 2. The van der Waals surface area contributed by atoms with E-state index in [0.717, 1.165) is 6.42 Å². The molecule has 3 aromatic heterocycles. The molecule has 1 saturated carbocycles. The van der Waals surface area contributed by atoms with Crippen molar-refractivity contribution in [3.05, 3.63) is 18.5 Å². The summed E-state index contributed by atoms with van der Waals surface area (Å²) in [5, 5.41) is 22.2. The first-order valence-electron chi connectivity index (χ1n) is 7.48. The summed E-state index contributed by atoms with van der Waals surface area (Å²) in [6.45, 7) is -2.34. The van der Waals surface area contributed by atoms with Crippen LogP contribution in [0.15, 0.2) is 18.5 Å². The largest absolute Gasteiger partial charge is 0.415 e. The molecular weight excluding hydrogens is 334 g/mol. The van der Waals surface area contributed by atoms with E-state index in [2.05, 4.69) is 41.4 Å². The number of H-pyrrole nitrogens is 1. The predicted octanol–water partition coefficient (Wildman–Crippen LogP) is 2.05.